The molecule has 3 aromatic rings. The van der Waals surface area contributed by atoms with Gasteiger partial charge in [0, 0.05) is 23.8 Å². The smallest absolute Gasteiger partial charge is 0.223 e. The zero-order valence-corrected chi connectivity index (χ0v) is 19.5. The maximum absolute atomic E-state index is 13.6. The second-order valence-electron chi connectivity index (χ2n) is 9.74. The predicted molar refractivity (Wildman–Crippen MR) is 130 cm³/mol. The molecular formula is C27H34FN5. The van der Waals surface area contributed by atoms with Crippen LogP contribution in [0.5, 0.6) is 0 Å². The number of aromatic nitrogens is 4. The van der Waals surface area contributed by atoms with E-state index in [1.165, 1.54) is 63.5 Å². The van der Waals surface area contributed by atoms with Crippen molar-refractivity contribution in [2.75, 3.05) is 5.32 Å². The minimum atomic E-state index is -0.239. The monoisotopic (exact) mass is 447 g/mol. The van der Waals surface area contributed by atoms with E-state index in [-0.39, 0.29) is 5.82 Å². The fourth-order valence-corrected chi connectivity index (χ4v) is 5.59. The third kappa shape index (κ3) is 4.94. The summed E-state index contributed by atoms with van der Waals surface area (Å²) in [6.45, 7) is 2.25. The first-order chi connectivity index (χ1) is 16.2. The van der Waals surface area contributed by atoms with E-state index >= 15 is 0 Å². The number of hydrogen-bond acceptors (Lipinski definition) is 4. The zero-order valence-electron chi connectivity index (χ0n) is 19.5. The number of rotatable bonds is 6. The molecule has 2 aromatic heterocycles. The van der Waals surface area contributed by atoms with Gasteiger partial charge in [0.2, 0.25) is 5.95 Å². The van der Waals surface area contributed by atoms with Crippen molar-refractivity contribution in [3.63, 3.8) is 0 Å². The Bertz CT molecular complexity index is 1050. The Balaban J connectivity index is 1.49. The third-order valence-corrected chi connectivity index (χ3v) is 7.49. The van der Waals surface area contributed by atoms with Crippen molar-refractivity contribution < 1.29 is 4.39 Å². The van der Waals surface area contributed by atoms with Crippen LogP contribution in [0.15, 0.2) is 42.9 Å². The number of imidazole rings is 1. The van der Waals surface area contributed by atoms with Gasteiger partial charge >= 0.3 is 0 Å². The second kappa shape index (κ2) is 10.0. The molecular weight excluding hydrogens is 413 g/mol. The second-order valence-corrected chi connectivity index (χ2v) is 9.74. The third-order valence-electron chi connectivity index (χ3n) is 7.49. The van der Waals surface area contributed by atoms with Crippen molar-refractivity contribution in [3.05, 3.63) is 48.7 Å². The lowest BCUT2D eigenvalue weighted by Crippen LogP contribution is -2.28. The Morgan fingerprint density at radius 1 is 0.909 bits per heavy atom. The summed E-state index contributed by atoms with van der Waals surface area (Å²) in [6, 6.07) is 9.34. The summed E-state index contributed by atoms with van der Waals surface area (Å²) in [4.78, 5) is 14.3. The molecule has 2 heterocycles. The molecule has 1 atom stereocenters. The van der Waals surface area contributed by atoms with Gasteiger partial charge in [0.1, 0.15) is 5.82 Å². The number of halogens is 1. The van der Waals surface area contributed by atoms with E-state index in [1.807, 2.05) is 18.6 Å². The highest BCUT2D eigenvalue weighted by Crippen LogP contribution is 2.37. The lowest BCUT2D eigenvalue weighted by atomic mass is 9.85. The van der Waals surface area contributed by atoms with Crippen LogP contribution in [0, 0.1) is 11.7 Å². The number of nitrogens with zero attached hydrogens (tertiary/aromatic N) is 4. The quantitative estimate of drug-likeness (QED) is 0.441. The van der Waals surface area contributed by atoms with Crippen LogP contribution in [-0.4, -0.2) is 25.6 Å². The van der Waals surface area contributed by atoms with Crippen LogP contribution in [0.25, 0.3) is 22.6 Å². The molecule has 6 heteroatoms. The molecule has 5 nitrogen and oxygen atoms in total. The van der Waals surface area contributed by atoms with Gasteiger partial charge in [0.25, 0.3) is 0 Å². The maximum Gasteiger partial charge on any atom is 0.223 e. The van der Waals surface area contributed by atoms with Gasteiger partial charge in [-0.25, -0.2) is 19.3 Å². The van der Waals surface area contributed by atoms with Crippen molar-refractivity contribution in [3.8, 4) is 22.6 Å². The molecule has 0 unspecified atom stereocenters. The topological polar surface area (TPSA) is 55.6 Å². The van der Waals surface area contributed by atoms with Crippen molar-refractivity contribution >= 4 is 5.95 Å². The van der Waals surface area contributed by atoms with E-state index in [9.17, 15) is 4.39 Å². The van der Waals surface area contributed by atoms with Crippen molar-refractivity contribution in [2.24, 2.45) is 5.92 Å². The number of nitrogens with one attached hydrogen (secondary N) is 1. The van der Waals surface area contributed by atoms with Gasteiger partial charge in [-0.2, -0.15) is 0 Å². The van der Waals surface area contributed by atoms with E-state index in [4.69, 9.17) is 9.97 Å². The fraction of sp³-hybridized carbons (Fsp3) is 0.519. The van der Waals surface area contributed by atoms with Crippen LogP contribution < -0.4 is 5.32 Å². The normalized spacial score (nSPS) is 18.8. The highest BCUT2D eigenvalue weighted by Gasteiger charge is 2.24. The van der Waals surface area contributed by atoms with Crippen LogP contribution in [0.2, 0.25) is 0 Å². The average Bonchev–Trinajstić information content (AvgIpc) is 3.31. The minimum absolute atomic E-state index is 0.239. The van der Waals surface area contributed by atoms with Crippen molar-refractivity contribution in [1.82, 2.24) is 19.5 Å². The molecule has 0 radical (unpaired) electrons. The molecule has 2 saturated carbocycles. The molecule has 33 heavy (non-hydrogen) atoms. The van der Waals surface area contributed by atoms with E-state index in [0.717, 1.165) is 35.5 Å². The molecule has 0 aliphatic heterocycles. The molecule has 2 aliphatic rings. The van der Waals surface area contributed by atoms with Gasteiger partial charge in [0.15, 0.2) is 0 Å². The lowest BCUT2D eigenvalue weighted by molar-refractivity contribution is 0.327. The Morgan fingerprint density at radius 2 is 1.61 bits per heavy atom. The molecule has 5 rings (SSSR count). The van der Waals surface area contributed by atoms with Gasteiger partial charge in [-0.3, -0.25) is 0 Å². The van der Waals surface area contributed by atoms with E-state index in [1.54, 1.807) is 12.1 Å². The summed E-state index contributed by atoms with van der Waals surface area (Å²) in [5.74, 6) is 1.11. The summed E-state index contributed by atoms with van der Waals surface area (Å²) < 4.78 is 15.9. The van der Waals surface area contributed by atoms with Crippen LogP contribution in [0.4, 0.5) is 10.3 Å². The molecule has 2 aliphatic carbocycles. The molecule has 0 bridgehead atoms. The van der Waals surface area contributed by atoms with Crippen LogP contribution in [0.1, 0.15) is 77.2 Å². The summed E-state index contributed by atoms with van der Waals surface area (Å²) in [5.41, 5.74) is 3.63. The highest BCUT2D eigenvalue weighted by molar-refractivity contribution is 5.77. The van der Waals surface area contributed by atoms with Crippen LogP contribution in [0.3, 0.4) is 0 Å². The van der Waals surface area contributed by atoms with Gasteiger partial charge in [-0.05, 0) is 68.9 Å². The van der Waals surface area contributed by atoms with Gasteiger partial charge < -0.3 is 9.88 Å². The zero-order chi connectivity index (χ0) is 22.6. The Hall–Kier alpha value is -2.76. The Morgan fingerprint density at radius 3 is 2.33 bits per heavy atom. The Labute approximate surface area is 195 Å². The number of benzene rings is 1. The standard InChI is InChI=1S/C27H34FN5/c1-19(20-8-4-2-5-9-20)31-27-29-17-16-24(32-27)26-25(21-12-14-22(28)15-13-21)30-18-33(26)23-10-6-3-7-11-23/h12-20,23H,2-11H2,1H3,(H,29,31,32)/t19-/m0/s1. The van der Waals surface area contributed by atoms with E-state index < -0.39 is 0 Å². The van der Waals surface area contributed by atoms with Crippen LogP contribution in [-0.2, 0) is 0 Å². The first-order valence-corrected chi connectivity index (χ1v) is 12.6. The van der Waals surface area contributed by atoms with E-state index in [2.05, 4.69) is 21.8 Å². The summed E-state index contributed by atoms with van der Waals surface area (Å²) in [5, 5.41) is 3.58. The molecule has 0 saturated heterocycles. The molecule has 1 N–H and O–H groups in total. The number of anilines is 1. The van der Waals surface area contributed by atoms with Crippen molar-refractivity contribution in [2.45, 2.75) is 83.2 Å². The van der Waals surface area contributed by atoms with Gasteiger partial charge in [-0.1, -0.05) is 38.5 Å². The fourth-order valence-electron chi connectivity index (χ4n) is 5.59. The Kier molecular flexibility index (Phi) is 6.70. The van der Waals surface area contributed by atoms with E-state index in [0.29, 0.717) is 23.9 Å². The first-order valence-electron chi connectivity index (χ1n) is 12.6. The summed E-state index contributed by atoms with van der Waals surface area (Å²) >= 11 is 0. The first kappa shape index (κ1) is 22.1. The molecule has 2 fully saturated rings. The number of hydrogen-bond donors (Lipinski definition) is 1. The summed E-state index contributed by atoms with van der Waals surface area (Å²) in [7, 11) is 0. The van der Waals surface area contributed by atoms with Gasteiger partial charge in [0.05, 0.1) is 23.4 Å². The molecule has 0 spiro atoms. The lowest BCUT2D eigenvalue weighted by Gasteiger charge is -2.28. The SMILES string of the molecule is C[C@H](Nc1nccc(-c2c(-c3ccc(F)cc3)ncn2C2CCCCC2)n1)C1CCCCC1. The average molecular weight is 448 g/mol. The molecule has 1 aromatic carbocycles. The summed E-state index contributed by atoms with van der Waals surface area (Å²) in [6.07, 6.45) is 16.4. The minimum Gasteiger partial charge on any atom is -0.351 e. The largest absolute Gasteiger partial charge is 0.351 e. The molecule has 0 amide bonds. The predicted octanol–water partition coefficient (Wildman–Crippen LogP) is 7.03. The van der Waals surface area contributed by atoms with Gasteiger partial charge in [-0.15, -0.1) is 0 Å². The highest BCUT2D eigenvalue weighted by atomic mass is 19.1. The van der Waals surface area contributed by atoms with Crippen LogP contribution >= 0.6 is 0 Å². The molecule has 174 valence electrons. The van der Waals surface area contributed by atoms with Crippen molar-refractivity contribution in [1.29, 1.82) is 0 Å². The maximum atomic E-state index is 13.6.